The number of amides is 1. The van der Waals surface area contributed by atoms with Crippen LogP contribution in [0.2, 0.25) is 0 Å². The van der Waals surface area contributed by atoms with E-state index in [0.717, 1.165) is 15.3 Å². The summed E-state index contributed by atoms with van der Waals surface area (Å²) in [7, 11) is 0. The minimum atomic E-state index is -0.805. The molecule has 1 unspecified atom stereocenters. The number of carbonyl (C=O) groups excluding carboxylic acids is 1. The van der Waals surface area contributed by atoms with Gasteiger partial charge in [-0.15, -0.1) is 11.3 Å². The van der Waals surface area contributed by atoms with Crippen LogP contribution < -0.4 is 5.32 Å². The van der Waals surface area contributed by atoms with E-state index in [0.29, 0.717) is 17.7 Å². The molecule has 0 fully saturated rings. The third kappa shape index (κ3) is 3.95. The molecule has 2 rings (SSSR count). The number of rotatable bonds is 5. The molecule has 0 spiro atoms. The van der Waals surface area contributed by atoms with Gasteiger partial charge in [-0.3, -0.25) is 9.59 Å². The summed E-state index contributed by atoms with van der Waals surface area (Å²) in [5.41, 5.74) is 2.35. The fourth-order valence-electron chi connectivity index (χ4n) is 2.22. The highest BCUT2D eigenvalue weighted by atomic mass is 32.1. The molecule has 0 radical (unpaired) electrons. The van der Waals surface area contributed by atoms with Gasteiger partial charge < -0.3 is 10.4 Å². The molecule has 0 aliphatic heterocycles. The maximum absolute atomic E-state index is 12.2. The van der Waals surface area contributed by atoms with Crippen LogP contribution in [0.1, 0.15) is 32.6 Å². The van der Waals surface area contributed by atoms with Gasteiger partial charge in [0.05, 0.1) is 11.5 Å². The summed E-state index contributed by atoms with van der Waals surface area (Å²) in [6.45, 7) is 5.59. The van der Waals surface area contributed by atoms with Gasteiger partial charge in [-0.2, -0.15) is 0 Å². The Hall–Kier alpha value is -2.14. The number of hydrogen-bond acceptors (Lipinski definition) is 3. The quantitative estimate of drug-likeness (QED) is 0.879. The van der Waals surface area contributed by atoms with Crippen LogP contribution in [0.4, 0.5) is 5.69 Å². The Balaban J connectivity index is 2.03. The second-order valence-corrected chi connectivity index (χ2v) is 6.88. The van der Waals surface area contributed by atoms with Crippen LogP contribution in [0.15, 0.2) is 30.3 Å². The molecule has 5 heteroatoms. The summed E-state index contributed by atoms with van der Waals surface area (Å²) in [5, 5.41) is 11.8. The molecule has 1 atom stereocenters. The molecular formula is C17H19NO3S. The van der Waals surface area contributed by atoms with E-state index in [1.54, 1.807) is 30.4 Å². The highest BCUT2D eigenvalue weighted by molar-refractivity contribution is 7.12. The van der Waals surface area contributed by atoms with Crippen molar-refractivity contribution in [3.63, 3.8) is 0 Å². The number of hydrogen-bond donors (Lipinski definition) is 2. The third-order valence-electron chi connectivity index (χ3n) is 3.46. The van der Waals surface area contributed by atoms with Crippen LogP contribution in [0.25, 0.3) is 0 Å². The first-order valence-corrected chi connectivity index (χ1v) is 7.88. The molecule has 0 aliphatic rings. The van der Waals surface area contributed by atoms with Crippen molar-refractivity contribution in [3.05, 3.63) is 51.2 Å². The van der Waals surface area contributed by atoms with Gasteiger partial charge >= 0.3 is 5.97 Å². The number of carboxylic acid groups (broad SMARTS) is 1. The van der Waals surface area contributed by atoms with Crippen molar-refractivity contribution in [1.29, 1.82) is 0 Å². The van der Waals surface area contributed by atoms with Crippen LogP contribution in [0.3, 0.4) is 0 Å². The predicted octanol–water partition coefficient (Wildman–Crippen LogP) is 3.88. The van der Waals surface area contributed by atoms with Gasteiger partial charge in [-0.05, 0) is 44.0 Å². The zero-order valence-electron chi connectivity index (χ0n) is 12.8. The Morgan fingerprint density at radius 3 is 2.36 bits per heavy atom. The lowest BCUT2D eigenvalue weighted by molar-refractivity contribution is -0.141. The van der Waals surface area contributed by atoms with Crippen LogP contribution in [0, 0.1) is 19.8 Å². The molecule has 1 aromatic heterocycles. The minimum absolute atomic E-state index is 0.117. The van der Waals surface area contributed by atoms with Gasteiger partial charge in [-0.1, -0.05) is 19.1 Å². The fraction of sp³-hybridized carbons (Fsp3) is 0.294. The zero-order valence-corrected chi connectivity index (χ0v) is 13.7. The molecule has 1 amide bonds. The third-order valence-corrected chi connectivity index (χ3v) is 4.43. The number of benzene rings is 1. The fourth-order valence-corrected chi connectivity index (χ4v) is 3.14. The Morgan fingerprint density at radius 1 is 1.23 bits per heavy atom. The topological polar surface area (TPSA) is 66.4 Å². The molecule has 0 saturated heterocycles. The number of anilines is 1. The molecule has 1 aromatic carbocycles. The lowest BCUT2D eigenvalue weighted by Gasteiger charge is -2.08. The predicted molar refractivity (Wildman–Crippen MR) is 88.7 cm³/mol. The molecule has 2 N–H and O–H groups in total. The van der Waals surface area contributed by atoms with E-state index in [-0.39, 0.29) is 5.91 Å². The number of thiophene rings is 1. The highest BCUT2D eigenvalue weighted by Crippen LogP contribution is 2.22. The van der Waals surface area contributed by atoms with Gasteiger partial charge in [-0.25, -0.2) is 0 Å². The van der Waals surface area contributed by atoms with Crippen molar-refractivity contribution in [2.45, 2.75) is 27.2 Å². The molecule has 22 heavy (non-hydrogen) atoms. The van der Waals surface area contributed by atoms with Gasteiger partial charge in [0.1, 0.15) is 0 Å². The summed E-state index contributed by atoms with van der Waals surface area (Å²) in [4.78, 5) is 25.2. The molecule has 0 bridgehead atoms. The molecule has 0 saturated carbocycles. The van der Waals surface area contributed by atoms with E-state index in [2.05, 4.69) is 5.32 Å². The Kier molecular flexibility index (Phi) is 4.98. The second kappa shape index (κ2) is 6.75. The summed E-state index contributed by atoms with van der Waals surface area (Å²) in [6, 6.07) is 9.19. The van der Waals surface area contributed by atoms with Gasteiger partial charge in [0, 0.05) is 15.4 Å². The standard InChI is InChI=1S/C17H19NO3S/c1-10(17(20)21)8-13-4-6-14(7-5-13)18-16(19)15-9-11(2)22-12(15)3/h4-7,9-10H,8H2,1-3H3,(H,18,19)(H,20,21). The van der Waals surface area contributed by atoms with Gasteiger partial charge in [0.25, 0.3) is 5.91 Å². The zero-order chi connectivity index (χ0) is 16.3. The number of carbonyl (C=O) groups is 2. The van der Waals surface area contributed by atoms with E-state index < -0.39 is 11.9 Å². The molecule has 4 nitrogen and oxygen atoms in total. The van der Waals surface area contributed by atoms with Crippen molar-refractivity contribution >= 4 is 28.9 Å². The van der Waals surface area contributed by atoms with Crippen molar-refractivity contribution < 1.29 is 14.7 Å². The highest BCUT2D eigenvalue weighted by Gasteiger charge is 2.13. The average Bonchev–Trinajstić information content (AvgIpc) is 2.79. The van der Waals surface area contributed by atoms with Crippen molar-refractivity contribution in [2.24, 2.45) is 5.92 Å². The van der Waals surface area contributed by atoms with E-state index in [1.165, 1.54) is 0 Å². The van der Waals surface area contributed by atoms with Crippen molar-refractivity contribution in [1.82, 2.24) is 0 Å². The number of aliphatic carboxylic acids is 1. The van der Waals surface area contributed by atoms with E-state index in [4.69, 9.17) is 5.11 Å². The summed E-state index contributed by atoms with van der Waals surface area (Å²) in [6.07, 6.45) is 0.479. The van der Waals surface area contributed by atoms with E-state index in [9.17, 15) is 9.59 Å². The Labute approximate surface area is 133 Å². The second-order valence-electron chi connectivity index (χ2n) is 5.42. The Morgan fingerprint density at radius 2 is 1.86 bits per heavy atom. The molecular weight excluding hydrogens is 298 g/mol. The first kappa shape index (κ1) is 16.2. The monoisotopic (exact) mass is 317 g/mol. The summed E-state index contributed by atoms with van der Waals surface area (Å²) in [5.74, 6) is -1.34. The number of aryl methyl sites for hydroxylation is 2. The smallest absolute Gasteiger partial charge is 0.306 e. The van der Waals surface area contributed by atoms with E-state index >= 15 is 0 Å². The first-order chi connectivity index (χ1) is 10.4. The SMILES string of the molecule is Cc1cc(C(=O)Nc2ccc(CC(C)C(=O)O)cc2)c(C)s1. The van der Waals surface area contributed by atoms with Crippen LogP contribution in [0.5, 0.6) is 0 Å². The largest absolute Gasteiger partial charge is 0.481 e. The molecule has 0 aliphatic carbocycles. The normalized spacial score (nSPS) is 12.0. The van der Waals surface area contributed by atoms with Gasteiger partial charge in [0.2, 0.25) is 0 Å². The Bertz CT molecular complexity index is 688. The van der Waals surface area contributed by atoms with Crippen LogP contribution in [-0.4, -0.2) is 17.0 Å². The van der Waals surface area contributed by atoms with Crippen molar-refractivity contribution in [2.75, 3.05) is 5.32 Å². The average molecular weight is 317 g/mol. The van der Waals surface area contributed by atoms with E-state index in [1.807, 2.05) is 32.0 Å². The number of carboxylic acids is 1. The lowest BCUT2D eigenvalue weighted by atomic mass is 10.0. The maximum Gasteiger partial charge on any atom is 0.306 e. The molecule has 116 valence electrons. The lowest BCUT2D eigenvalue weighted by Crippen LogP contribution is -2.13. The molecule has 1 heterocycles. The van der Waals surface area contributed by atoms with Crippen LogP contribution >= 0.6 is 11.3 Å². The summed E-state index contributed by atoms with van der Waals surface area (Å²) < 4.78 is 0. The van der Waals surface area contributed by atoms with Gasteiger partial charge in [0.15, 0.2) is 0 Å². The van der Waals surface area contributed by atoms with Crippen LogP contribution in [-0.2, 0) is 11.2 Å². The number of nitrogens with one attached hydrogen (secondary N) is 1. The minimum Gasteiger partial charge on any atom is -0.481 e. The summed E-state index contributed by atoms with van der Waals surface area (Å²) >= 11 is 1.60. The first-order valence-electron chi connectivity index (χ1n) is 7.07. The maximum atomic E-state index is 12.2. The molecule has 2 aromatic rings. The van der Waals surface area contributed by atoms with Crippen molar-refractivity contribution in [3.8, 4) is 0 Å².